The van der Waals surface area contributed by atoms with Crippen LogP contribution in [0.2, 0.25) is 0 Å². The SMILES string of the molecule is COc1ccc(NC(=O)[C@H](CC(C)C)NS(=O)(=O)c2ccc(C)cc2)cn1. The summed E-state index contributed by atoms with van der Waals surface area (Å²) >= 11 is 0. The lowest BCUT2D eigenvalue weighted by atomic mass is 10.0. The Bertz CT molecular complexity index is 863. The first kappa shape index (κ1) is 20.9. The van der Waals surface area contributed by atoms with Crippen LogP contribution in [0.25, 0.3) is 0 Å². The van der Waals surface area contributed by atoms with Crippen LogP contribution in [0.5, 0.6) is 5.88 Å². The van der Waals surface area contributed by atoms with Crippen LogP contribution in [0.1, 0.15) is 25.8 Å². The molecule has 2 rings (SSSR count). The second-order valence-corrected chi connectivity index (χ2v) is 8.41. The molecule has 0 saturated heterocycles. The van der Waals surface area contributed by atoms with E-state index in [0.717, 1.165) is 5.56 Å². The number of pyridine rings is 1. The number of rotatable bonds is 8. The molecule has 0 radical (unpaired) electrons. The lowest BCUT2D eigenvalue weighted by molar-refractivity contribution is -0.118. The third-order valence-corrected chi connectivity index (χ3v) is 5.35. The Balaban J connectivity index is 2.17. The Morgan fingerprint density at radius 1 is 1.15 bits per heavy atom. The first-order chi connectivity index (χ1) is 12.7. The molecule has 0 aliphatic rings. The maximum Gasteiger partial charge on any atom is 0.242 e. The lowest BCUT2D eigenvalue weighted by Crippen LogP contribution is -2.44. The first-order valence-electron chi connectivity index (χ1n) is 8.61. The van der Waals surface area contributed by atoms with Crippen molar-refractivity contribution in [1.29, 1.82) is 0 Å². The van der Waals surface area contributed by atoms with Crippen LogP contribution in [0.4, 0.5) is 5.69 Å². The van der Waals surface area contributed by atoms with Crippen molar-refractivity contribution in [2.45, 2.75) is 38.1 Å². The fraction of sp³-hybridized carbons (Fsp3) is 0.368. The number of sulfonamides is 1. The summed E-state index contributed by atoms with van der Waals surface area (Å²) < 4.78 is 32.8. The van der Waals surface area contributed by atoms with Gasteiger partial charge in [-0.25, -0.2) is 13.4 Å². The number of nitrogens with zero attached hydrogens (tertiary/aromatic N) is 1. The van der Waals surface area contributed by atoms with E-state index >= 15 is 0 Å². The average molecular weight is 391 g/mol. The van der Waals surface area contributed by atoms with Crippen LogP contribution in [0.15, 0.2) is 47.5 Å². The van der Waals surface area contributed by atoms with Crippen LogP contribution in [0, 0.1) is 12.8 Å². The van der Waals surface area contributed by atoms with Gasteiger partial charge in [-0.2, -0.15) is 4.72 Å². The number of carbonyl (C=O) groups is 1. The number of methoxy groups -OCH3 is 1. The zero-order chi connectivity index (χ0) is 20.0. The quantitative estimate of drug-likeness (QED) is 0.721. The summed E-state index contributed by atoms with van der Waals surface area (Å²) in [6.07, 6.45) is 1.82. The van der Waals surface area contributed by atoms with Crippen molar-refractivity contribution in [3.8, 4) is 5.88 Å². The normalized spacial score (nSPS) is 12.6. The van der Waals surface area contributed by atoms with Gasteiger partial charge in [0.15, 0.2) is 0 Å². The minimum atomic E-state index is -3.82. The Morgan fingerprint density at radius 2 is 1.81 bits per heavy atom. The number of ether oxygens (including phenoxy) is 1. The molecule has 0 aliphatic heterocycles. The summed E-state index contributed by atoms with van der Waals surface area (Å²) in [4.78, 5) is 16.8. The fourth-order valence-electron chi connectivity index (χ4n) is 2.46. The number of nitrogens with one attached hydrogen (secondary N) is 2. The number of amides is 1. The van der Waals surface area contributed by atoms with E-state index in [0.29, 0.717) is 18.0 Å². The highest BCUT2D eigenvalue weighted by molar-refractivity contribution is 7.89. The Kier molecular flexibility index (Phi) is 6.92. The Morgan fingerprint density at radius 3 is 2.33 bits per heavy atom. The topological polar surface area (TPSA) is 97.4 Å². The number of hydrogen-bond acceptors (Lipinski definition) is 5. The van der Waals surface area contributed by atoms with Crippen LogP contribution >= 0.6 is 0 Å². The summed E-state index contributed by atoms with van der Waals surface area (Å²) in [5.74, 6) is 0.105. The maximum atomic E-state index is 12.7. The predicted octanol–water partition coefficient (Wildman–Crippen LogP) is 2.73. The number of benzene rings is 1. The van der Waals surface area contributed by atoms with Crippen molar-refractivity contribution in [2.24, 2.45) is 5.92 Å². The molecule has 0 spiro atoms. The molecular weight excluding hydrogens is 366 g/mol. The number of anilines is 1. The van der Waals surface area contributed by atoms with Gasteiger partial charge in [0.2, 0.25) is 21.8 Å². The fourth-order valence-corrected chi connectivity index (χ4v) is 3.67. The van der Waals surface area contributed by atoms with Crippen molar-refractivity contribution in [1.82, 2.24) is 9.71 Å². The van der Waals surface area contributed by atoms with Gasteiger partial charge in [0.25, 0.3) is 0 Å². The molecule has 0 unspecified atom stereocenters. The molecule has 1 amide bonds. The largest absolute Gasteiger partial charge is 0.481 e. The first-order valence-corrected chi connectivity index (χ1v) is 10.1. The van der Waals surface area contributed by atoms with Crippen LogP contribution in [-0.2, 0) is 14.8 Å². The molecule has 1 heterocycles. The molecule has 0 bridgehead atoms. The molecule has 27 heavy (non-hydrogen) atoms. The van der Waals surface area contributed by atoms with E-state index in [-0.39, 0.29) is 10.8 Å². The van der Waals surface area contributed by atoms with Gasteiger partial charge in [-0.3, -0.25) is 4.79 Å². The average Bonchev–Trinajstić information content (AvgIpc) is 2.61. The molecule has 7 nitrogen and oxygen atoms in total. The van der Waals surface area contributed by atoms with E-state index < -0.39 is 22.0 Å². The standard InChI is InChI=1S/C19H25N3O4S/c1-13(2)11-17(19(23)21-15-7-10-18(26-4)20-12-15)22-27(24,25)16-8-5-14(3)6-9-16/h5-10,12-13,17,22H,11H2,1-4H3,(H,21,23)/t17-/m0/s1. The zero-order valence-corrected chi connectivity index (χ0v) is 16.7. The summed E-state index contributed by atoms with van der Waals surface area (Å²) in [5.41, 5.74) is 1.42. The van der Waals surface area contributed by atoms with Gasteiger partial charge in [0.05, 0.1) is 23.9 Å². The summed E-state index contributed by atoms with van der Waals surface area (Å²) in [6, 6.07) is 8.84. The van der Waals surface area contributed by atoms with Gasteiger partial charge in [-0.05, 0) is 37.5 Å². The van der Waals surface area contributed by atoms with E-state index in [4.69, 9.17) is 4.74 Å². The monoisotopic (exact) mass is 391 g/mol. The highest BCUT2D eigenvalue weighted by Crippen LogP contribution is 2.16. The number of aromatic nitrogens is 1. The third-order valence-electron chi connectivity index (χ3n) is 3.87. The second-order valence-electron chi connectivity index (χ2n) is 6.69. The molecule has 2 N–H and O–H groups in total. The van der Waals surface area contributed by atoms with E-state index in [9.17, 15) is 13.2 Å². The molecule has 1 atom stereocenters. The van der Waals surface area contributed by atoms with Gasteiger partial charge in [0.1, 0.15) is 6.04 Å². The number of hydrogen-bond donors (Lipinski definition) is 2. The molecule has 8 heteroatoms. The predicted molar refractivity (Wildman–Crippen MR) is 104 cm³/mol. The molecule has 0 aliphatic carbocycles. The van der Waals surface area contributed by atoms with E-state index in [1.165, 1.54) is 25.4 Å². The van der Waals surface area contributed by atoms with E-state index in [2.05, 4.69) is 15.0 Å². The zero-order valence-electron chi connectivity index (χ0n) is 15.9. The third kappa shape index (κ3) is 6.04. The van der Waals surface area contributed by atoms with Gasteiger partial charge < -0.3 is 10.1 Å². The van der Waals surface area contributed by atoms with Gasteiger partial charge in [0, 0.05) is 6.07 Å². The van der Waals surface area contributed by atoms with Gasteiger partial charge >= 0.3 is 0 Å². The van der Waals surface area contributed by atoms with Crippen LogP contribution in [0.3, 0.4) is 0 Å². The van der Waals surface area contributed by atoms with Gasteiger partial charge in [-0.15, -0.1) is 0 Å². The summed E-state index contributed by atoms with van der Waals surface area (Å²) in [7, 11) is -2.32. The Labute approximate surface area is 160 Å². The van der Waals surface area contributed by atoms with Crippen LogP contribution in [-0.4, -0.2) is 32.5 Å². The molecule has 1 aromatic heterocycles. The van der Waals surface area contributed by atoms with Crippen LogP contribution < -0.4 is 14.8 Å². The lowest BCUT2D eigenvalue weighted by Gasteiger charge is -2.20. The van der Waals surface area contributed by atoms with Crippen molar-refractivity contribution in [3.05, 3.63) is 48.2 Å². The van der Waals surface area contributed by atoms with Gasteiger partial charge in [-0.1, -0.05) is 31.5 Å². The second kappa shape index (κ2) is 8.96. The minimum absolute atomic E-state index is 0.121. The summed E-state index contributed by atoms with van der Waals surface area (Å²) in [5, 5.41) is 2.70. The van der Waals surface area contributed by atoms with Crippen molar-refractivity contribution >= 4 is 21.6 Å². The number of aryl methyl sites for hydroxylation is 1. The van der Waals surface area contributed by atoms with E-state index in [1.807, 2.05) is 20.8 Å². The molecule has 0 fully saturated rings. The smallest absolute Gasteiger partial charge is 0.242 e. The maximum absolute atomic E-state index is 12.7. The van der Waals surface area contributed by atoms with Crippen molar-refractivity contribution < 1.29 is 17.9 Å². The molecule has 146 valence electrons. The molecule has 2 aromatic rings. The minimum Gasteiger partial charge on any atom is -0.481 e. The van der Waals surface area contributed by atoms with Crippen molar-refractivity contribution in [3.63, 3.8) is 0 Å². The Hall–Kier alpha value is -2.45. The highest BCUT2D eigenvalue weighted by Gasteiger charge is 2.26. The van der Waals surface area contributed by atoms with E-state index in [1.54, 1.807) is 24.3 Å². The molecule has 1 aromatic carbocycles. The summed E-state index contributed by atoms with van der Waals surface area (Å²) in [6.45, 7) is 5.73. The molecule has 0 saturated carbocycles. The highest BCUT2D eigenvalue weighted by atomic mass is 32.2. The van der Waals surface area contributed by atoms with Crippen molar-refractivity contribution in [2.75, 3.05) is 12.4 Å². The number of carbonyl (C=O) groups excluding carboxylic acids is 1. The molecular formula is C19H25N3O4S.